The standard InChI is InChI=1S/C29H37ClN6O8S/c30-14-24(38)33-19(9-11-25(39)40)29(44)36-12-4-3-6-21(36)28(43)35-20(13-16-15-45-22-7-2-1-5-17(16)22)27(42)34-18(26(32)41)8-10-23(31)37/h1-2,5,7,15,18-21H,3-4,6,8-14H2,(H2,31,37)(H2,32,41)(H,33,38)(H,34,42)(H,35,43)(H,39,40)/t18-,19-,20-,21-/m0/s1. The number of carboxylic acid groups (broad SMARTS) is 1. The fraction of sp³-hybridized carbons (Fsp3) is 0.483. The van der Waals surface area contributed by atoms with Gasteiger partial charge in [0.05, 0.1) is 0 Å². The van der Waals surface area contributed by atoms with Crippen LogP contribution < -0.4 is 27.4 Å². The molecule has 1 aliphatic rings. The molecule has 0 aliphatic carbocycles. The van der Waals surface area contributed by atoms with Crippen LogP contribution >= 0.6 is 22.9 Å². The van der Waals surface area contributed by atoms with Crippen LogP contribution in [0.25, 0.3) is 10.1 Å². The fourth-order valence-electron chi connectivity index (χ4n) is 5.16. The van der Waals surface area contributed by atoms with Crippen LogP contribution in [0.5, 0.6) is 0 Å². The summed E-state index contributed by atoms with van der Waals surface area (Å²) in [6, 6.07) is 2.83. The van der Waals surface area contributed by atoms with Crippen molar-refractivity contribution in [2.45, 2.75) is 75.5 Å². The number of halogens is 1. The Bertz CT molecular complexity index is 1430. The van der Waals surface area contributed by atoms with Gasteiger partial charge >= 0.3 is 5.97 Å². The van der Waals surface area contributed by atoms with Crippen LogP contribution in [0.1, 0.15) is 50.5 Å². The maximum atomic E-state index is 13.8. The Morgan fingerprint density at radius 1 is 0.956 bits per heavy atom. The third-order valence-electron chi connectivity index (χ3n) is 7.45. The summed E-state index contributed by atoms with van der Waals surface area (Å²) in [5, 5.41) is 19.6. The Morgan fingerprint density at radius 3 is 2.33 bits per heavy atom. The van der Waals surface area contributed by atoms with E-state index in [9.17, 15) is 33.6 Å². The van der Waals surface area contributed by atoms with Crippen molar-refractivity contribution in [3.63, 3.8) is 0 Å². The predicted octanol–water partition coefficient (Wildman–Crippen LogP) is 0.134. The van der Waals surface area contributed by atoms with E-state index >= 15 is 0 Å². The number of fused-ring (bicyclic) bond motifs is 1. The lowest BCUT2D eigenvalue weighted by atomic mass is 9.97. The van der Waals surface area contributed by atoms with E-state index in [1.54, 1.807) is 0 Å². The number of carbonyl (C=O) groups is 7. The van der Waals surface area contributed by atoms with Crippen LogP contribution in [0.15, 0.2) is 29.6 Å². The normalized spacial score (nSPS) is 16.6. The Balaban J connectivity index is 1.87. The summed E-state index contributed by atoms with van der Waals surface area (Å²) in [5.41, 5.74) is 11.4. The monoisotopic (exact) mass is 664 g/mol. The number of piperidine rings is 1. The number of benzene rings is 1. The average molecular weight is 665 g/mol. The molecular formula is C29H37ClN6O8S. The molecule has 16 heteroatoms. The lowest BCUT2D eigenvalue weighted by molar-refractivity contribution is -0.146. The van der Waals surface area contributed by atoms with Gasteiger partial charge in [-0.1, -0.05) is 18.2 Å². The van der Waals surface area contributed by atoms with E-state index in [0.29, 0.717) is 12.8 Å². The molecule has 1 aliphatic heterocycles. The van der Waals surface area contributed by atoms with Crippen LogP contribution in [0.4, 0.5) is 0 Å². The summed E-state index contributed by atoms with van der Waals surface area (Å²) < 4.78 is 0.963. The van der Waals surface area contributed by atoms with Gasteiger partial charge in [-0.2, -0.15) is 0 Å². The van der Waals surface area contributed by atoms with E-state index in [1.165, 1.54) is 16.2 Å². The van der Waals surface area contributed by atoms with Gasteiger partial charge in [0.2, 0.25) is 35.4 Å². The number of hydrogen-bond donors (Lipinski definition) is 6. The number of nitrogens with zero attached hydrogens (tertiary/aromatic N) is 1. The molecule has 0 bridgehead atoms. The number of amides is 6. The number of alkyl halides is 1. The first-order valence-electron chi connectivity index (χ1n) is 14.4. The van der Waals surface area contributed by atoms with Crippen molar-refractivity contribution in [2.75, 3.05) is 12.4 Å². The minimum absolute atomic E-state index is 0.0383. The Labute approximate surface area is 268 Å². The van der Waals surface area contributed by atoms with Crippen molar-refractivity contribution < 1.29 is 38.7 Å². The number of thiophene rings is 1. The molecule has 0 unspecified atom stereocenters. The van der Waals surface area contributed by atoms with Gasteiger partial charge in [0.25, 0.3) is 0 Å². The molecule has 8 N–H and O–H groups in total. The molecule has 2 aromatic rings. The molecule has 1 fully saturated rings. The van der Waals surface area contributed by atoms with Crippen LogP contribution in [0, 0.1) is 0 Å². The molecule has 4 atom stereocenters. The number of rotatable bonds is 16. The van der Waals surface area contributed by atoms with Crippen molar-refractivity contribution in [3.05, 3.63) is 35.2 Å². The highest BCUT2D eigenvalue weighted by molar-refractivity contribution is 7.17. The Morgan fingerprint density at radius 2 is 1.67 bits per heavy atom. The zero-order chi connectivity index (χ0) is 33.1. The first-order valence-corrected chi connectivity index (χ1v) is 15.8. The van der Waals surface area contributed by atoms with Crippen molar-refractivity contribution in [3.8, 4) is 0 Å². The number of nitrogens with two attached hydrogens (primary N) is 2. The van der Waals surface area contributed by atoms with Gasteiger partial charge in [0, 0.05) is 30.5 Å². The second kappa shape index (κ2) is 16.7. The molecule has 0 spiro atoms. The number of carboxylic acids is 1. The number of aliphatic carboxylic acids is 1. The summed E-state index contributed by atoms with van der Waals surface area (Å²) in [7, 11) is 0. The van der Waals surface area contributed by atoms with Gasteiger partial charge in [0.15, 0.2) is 0 Å². The van der Waals surface area contributed by atoms with Gasteiger partial charge in [0.1, 0.15) is 30.0 Å². The van der Waals surface area contributed by atoms with Gasteiger partial charge in [-0.05, 0) is 54.5 Å². The first kappa shape index (κ1) is 35.2. The molecule has 0 saturated carbocycles. The van der Waals surface area contributed by atoms with Gasteiger partial charge in [-0.25, -0.2) is 0 Å². The average Bonchev–Trinajstić information content (AvgIpc) is 3.42. The van der Waals surface area contributed by atoms with E-state index in [2.05, 4.69) is 16.0 Å². The van der Waals surface area contributed by atoms with E-state index in [0.717, 1.165) is 15.6 Å². The van der Waals surface area contributed by atoms with Crippen LogP contribution in [-0.4, -0.2) is 88.0 Å². The maximum Gasteiger partial charge on any atom is 0.303 e. The maximum absolute atomic E-state index is 13.8. The van der Waals surface area contributed by atoms with E-state index in [-0.39, 0.29) is 38.6 Å². The second-order valence-electron chi connectivity index (χ2n) is 10.7. The van der Waals surface area contributed by atoms with Crippen molar-refractivity contribution in [2.24, 2.45) is 11.5 Å². The van der Waals surface area contributed by atoms with Crippen LogP contribution in [-0.2, 0) is 40.0 Å². The van der Waals surface area contributed by atoms with Crippen LogP contribution in [0.2, 0.25) is 0 Å². The molecule has 0 radical (unpaired) electrons. The minimum Gasteiger partial charge on any atom is -0.481 e. The smallest absolute Gasteiger partial charge is 0.303 e. The largest absolute Gasteiger partial charge is 0.481 e. The highest BCUT2D eigenvalue weighted by Crippen LogP contribution is 2.27. The zero-order valence-electron chi connectivity index (χ0n) is 24.5. The molecule has 45 heavy (non-hydrogen) atoms. The summed E-state index contributed by atoms with van der Waals surface area (Å²) in [6.07, 6.45) is 0.502. The molecule has 244 valence electrons. The van der Waals surface area contributed by atoms with E-state index < -0.39 is 77.9 Å². The first-order chi connectivity index (χ1) is 21.4. The Hall–Kier alpha value is -4.24. The van der Waals surface area contributed by atoms with E-state index in [4.69, 9.17) is 28.2 Å². The van der Waals surface area contributed by atoms with Gasteiger partial charge < -0.3 is 37.4 Å². The zero-order valence-corrected chi connectivity index (χ0v) is 26.0. The van der Waals surface area contributed by atoms with E-state index in [1.807, 2.05) is 29.6 Å². The molecule has 3 rings (SSSR count). The predicted molar refractivity (Wildman–Crippen MR) is 166 cm³/mol. The number of hydrogen-bond acceptors (Lipinski definition) is 8. The quantitative estimate of drug-likeness (QED) is 0.135. The Kier molecular flexibility index (Phi) is 13.1. The van der Waals surface area contributed by atoms with Crippen molar-refractivity contribution in [1.29, 1.82) is 0 Å². The summed E-state index contributed by atoms with van der Waals surface area (Å²) in [6.45, 7) is 0.167. The molecule has 1 aromatic carbocycles. The van der Waals surface area contributed by atoms with Crippen molar-refractivity contribution in [1.82, 2.24) is 20.9 Å². The molecule has 1 aromatic heterocycles. The number of carbonyl (C=O) groups excluding carboxylic acids is 6. The molecule has 6 amide bonds. The second-order valence-corrected chi connectivity index (χ2v) is 11.9. The highest BCUT2D eigenvalue weighted by Gasteiger charge is 2.38. The third kappa shape index (κ3) is 10.1. The summed E-state index contributed by atoms with van der Waals surface area (Å²) in [4.78, 5) is 88.8. The molecule has 1 saturated heterocycles. The molecule has 14 nitrogen and oxygen atoms in total. The SMILES string of the molecule is NC(=O)CC[C@H](NC(=O)[C@H](Cc1csc2ccccc12)NC(=O)[C@@H]1CCCCN1C(=O)[C@H](CCC(=O)O)NC(=O)CCl)C(N)=O. The number of primary amides is 2. The lowest BCUT2D eigenvalue weighted by Crippen LogP contribution is -2.60. The summed E-state index contributed by atoms with van der Waals surface area (Å²) in [5.74, 6) is -5.85. The fourth-order valence-corrected chi connectivity index (χ4v) is 6.21. The third-order valence-corrected chi connectivity index (χ3v) is 8.70. The van der Waals surface area contributed by atoms with Gasteiger partial charge in [-0.15, -0.1) is 22.9 Å². The van der Waals surface area contributed by atoms with Gasteiger partial charge in [-0.3, -0.25) is 33.6 Å². The number of likely N-dealkylation sites (tertiary alicyclic amines) is 1. The topological polar surface area (TPSA) is 231 Å². The van der Waals surface area contributed by atoms with Crippen LogP contribution in [0.3, 0.4) is 0 Å². The number of nitrogens with one attached hydrogen (secondary N) is 3. The minimum atomic E-state index is -1.23. The summed E-state index contributed by atoms with van der Waals surface area (Å²) >= 11 is 7.05. The molecular weight excluding hydrogens is 628 g/mol. The molecule has 2 heterocycles. The van der Waals surface area contributed by atoms with Crippen molar-refractivity contribution >= 4 is 74.4 Å². The highest BCUT2D eigenvalue weighted by atomic mass is 35.5. The lowest BCUT2D eigenvalue weighted by Gasteiger charge is -2.37.